The van der Waals surface area contributed by atoms with Crippen molar-refractivity contribution in [3.8, 4) is 0 Å². The molecule has 0 saturated carbocycles. The first-order chi connectivity index (χ1) is 13.8. The maximum Gasteiger partial charge on any atom is 0.284 e. The minimum Gasteiger partial charge on any atom is -0.355 e. The Kier molecular flexibility index (Phi) is 8.59. The fourth-order valence-corrected chi connectivity index (χ4v) is 4.43. The van der Waals surface area contributed by atoms with E-state index >= 15 is 0 Å². The lowest BCUT2D eigenvalue weighted by molar-refractivity contribution is -0.387. The minimum absolute atomic E-state index is 0.0740. The van der Waals surface area contributed by atoms with Gasteiger partial charge in [-0.1, -0.05) is 25.6 Å². The van der Waals surface area contributed by atoms with E-state index in [0.29, 0.717) is 28.7 Å². The average molecular weight is 437 g/mol. The number of carbonyl (C=O) groups is 2. The molecular formula is C19H24N4O4S2. The summed E-state index contributed by atoms with van der Waals surface area (Å²) >= 11 is 2.61. The van der Waals surface area contributed by atoms with Gasteiger partial charge in [0.25, 0.3) is 11.6 Å². The van der Waals surface area contributed by atoms with E-state index in [1.54, 1.807) is 12.1 Å². The molecule has 156 valence electrons. The predicted molar refractivity (Wildman–Crippen MR) is 114 cm³/mol. The SMILES string of the molecule is CCCNC(=O)CN(CCC)C(=O)c1ccc(Sc2nc(C)cs2)c([N+](=O)[O-])c1. The third-order valence-electron chi connectivity index (χ3n) is 3.89. The summed E-state index contributed by atoms with van der Waals surface area (Å²) in [6.45, 7) is 6.57. The molecule has 8 nitrogen and oxygen atoms in total. The van der Waals surface area contributed by atoms with Gasteiger partial charge in [-0.2, -0.15) is 0 Å². The third kappa shape index (κ3) is 6.53. The number of carbonyl (C=O) groups excluding carboxylic acids is 2. The molecule has 0 saturated heterocycles. The van der Waals surface area contributed by atoms with Crippen LogP contribution in [0.15, 0.2) is 32.8 Å². The van der Waals surface area contributed by atoms with Crippen LogP contribution in [0.3, 0.4) is 0 Å². The Hall–Kier alpha value is -2.46. The van der Waals surface area contributed by atoms with Crippen LogP contribution in [0.25, 0.3) is 0 Å². The largest absolute Gasteiger partial charge is 0.355 e. The van der Waals surface area contributed by atoms with Gasteiger partial charge in [0, 0.05) is 35.8 Å². The number of nitro groups is 1. The number of thiazole rings is 1. The van der Waals surface area contributed by atoms with E-state index in [1.165, 1.54) is 34.1 Å². The van der Waals surface area contributed by atoms with E-state index in [4.69, 9.17) is 0 Å². The van der Waals surface area contributed by atoms with Gasteiger partial charge in [-0.15, -0.1) is 11.3 Å². The summed E-state index contributed by atoms with van der Waals surface area (Å²) in [5.74, 6) is -0.641. The molecule has 0 aliphatic heterocycles. The van der Waals surface area contributed by atoms with Gasteiger partial charge in [0.1, 0.15) is 0 Å². The molecule has 0 unspecified atom stereocenters. The fraction of sp³-hybridized carbons (Fsp3) is 0.421. The smallest absolute Gasteiger partial charge is 0.284 e. The molecule has 1 aromatic heterocycles. The Balaban J connectivity index is 2.24. The molecule has 0 radical (unpaired) electrons. The monoisotopic (exact) mass is 436 g/mol. The van der Waals surface area contributed by atoms with Crippen molar-refractivity contribution >= 4 is 40.6 Å². The fourth-order valence-electron chi connectivity index (χ4n) is 2.55. The second kappa shape index (κ2) is 10.9. The predicted octanol–water partition coefficient (Wildman–Crippen LogP) is 3.89. The molecule has 0 atom stereocenters. The van der Waals surface area contributed by atoms with Crippen LogP contribution in [0.4, 0.5) is 5.69 Å². The molecule has 1 N–H and O–H groups in total. The summed E-state index contributed by atoms with van der Waals surface area (Å²) in [5.41, 5.74) is 0.886. The molecule has 10 heteroatoms. The second-order valence-corrected chi connectivity index (χ2v) is 8.52. The lowest BCUT2D eigenvalue weighted by Gasteiger charge is -2.21. The molecule has 0 bridgehead atoms. The molecule has 1 aromatic carbocycles. The Bertz CT molecular complexity index is 885. The molecule has 2 amide bonds. The van der Waals surface area contributed by atoms with Crippen molar-refractivity contribution in [3.05, 3.63) is 45.0 Å². The third-order valence-corrected chi connectivity index (χ3v) is 6.01. The van der Waals surface area contributed by atoms with Crippen molar-refractivity contribution in [1.82, 2.24) is 15.2 Å². The maximum atomic E-state index is 12.9. The zero-order valence-corrected chi connectivity index (χ0v) is 18.3. The minimum atomic E-state index is -0.502. The summed E-state index contributed by atoms with van der Waals surface area (Å²) in [4.78, 5) is 42.2. The summed E-state index contributed by atoms with van der Waals surface area (Å²) in [7, 11) is 0. The Morgan fingerprint density at radius 2 is 2.07 bits per heavy atom. The zero-order valence-electron chi connectivity index (χ0n) is 16.6. The van der Waals surface area contributed by atoms with E-state index in [2.05, 4.69) is 10.3 Å². The lowest BCUT2D eigenvalue weighted by atomic mass is 10.1. The summed E-state index contributed by atoms with van der Waals surface area (Å²) in [6.07, 6.45) is 1.48. The standard InChI is InChI=1S/C19H24N4O4S2/c1-4-8-20-17(24)11-22(9-5-2)18(25)14-6-7-16(15(10-14)23(26)27)29-19-21-13(3)12-28-19/h6-7,10,12H,4-5,8-9,11H2,1-3H3,(H,20,24). The number of nitrogens with zero attached hydrogens (tertiary/aromatic N) is 3. The maximum absolute atomic E-state index is 12.9. The highest BCUT2D eigenvalue weighted by molar-refractivity contribution is 8.01. The average Bonchev–Trinajstić information content (AvgIpc) is 3.10. The Morgan fingerprint density at radius 3 is 2.66 bits per heavy atom. The number of aryl methyl sites for hydroxylation is 1. The summed E-state index contributed by atoms with van der Waals surface area (Å²) in [5, 5.41) is 16.2. The van der Waals surface area contributed by atoms with Crippen LogP contribution in [0.2, 0.25) is 0 Å². The van der Waals surface area contributed by atoms with E-state index < -0.39 is 10.8 Å². The van der Waals surface area contributed by atoms with Crippen LogP contribution in [0.1, 0.15) is 42.7 Å². The van der Waals surface area contributed by atoms with Gasteiger partial charge in [-0.05, 0) is 31.9 Å². The number of hydrogen-bond donors (Lipinski definition) is 1. The number of hydrogen-bond acceptors (Lipinski definition) is 7. The first-order valence-electron chi connectivity index (χ1n) is 9.30. The molecule has 2 rings (SSSR count). The van der Waals surface area contributed by atoms with Crippen LogP contribution < -0.4 is 5.32 Å². The number of aromatic nitrogens is 1. The van der Waals surface area contributed by atoms with E-state index in [1.807, 2.05) is 26.2 Å². The molecule has 0 fully saturated rings. The van der Waals surface area contributed by atoms with Crippen molar-refractivity contribution in [2.75, 3.05) is 19.6 Å². The van der Waals surface area contributed by atoms with Gasteiger partial charge in [-0.25, -0.2) is 4.98 Å². The highest BCUT2D eigenvalue weighted by Gasteiger charge is 2.23. The van der Waals surface area contributed by atoms with Gasteiger partial charge in [-0.3, -0.25) is 19.7 Å². The van der Waals surface area contributed by atoms with Crippen molar-refractivity contribution in [2.24, 2.45) is 0 Å². The number of nitro benzene ring substituents is 1. The van der Waals surface area contributed by atoms with Crippen molar-refractivity contribution < 1.29 is 14.5 Å². The number of nitrogens with one attached hydrogen (secondary N) is 1. The van der Waals surface area contributed by atoms with E-state index in [9.17, 15) is 19.7 Å². The molecule has 0 aliphatic rings. The zero-order chi connectivity index (χ0) is 21.4. The van der Waals surface area contributed by atoms with Crippen LogP contribution >= 0.6 is 23.1 Å². The van der Waals surface area contributed by atoms with E-state index in [-0.39, 0.29) is 23.7 Å². The summed E-state index contributed by atoms with van der Waals surface area (Å²) in [6, 6.07) is 4.40. The van der Waals surface area contributed by atoms with E-state index in [0.717, 1.165) is 12.1 Å². The van der Waals surface area contributed by atoms with Crippen LogP contribution in [0.5, 0.6) is 0 Å². The van der Waals surface area contributed by atoms with Gasteiger partial charge >= 0.3 is 0 Å². The highest BCUT2D eigenvalue weighted by Crippen LogP contribution is 2.37. The van der Waals surface area contributed by atoms with Crippen LogP contribution in [-0.2, 0) is 4.79 Å². The topological polar surface area (TPSA) is 105 Å². The first kappa shape index (κ1) is 22.8. The quantitative estimate of drug-likeness (QED) is 0.447. The Labute approximate surface area is 177 Å². The summed E-state index contributed by atoms with van der Waals surface area (Å²) < 4.78 is 0.699. The van der Waals surface area contributed by atoms with Crippen molar-refractivity contribution in [2.45, 2.75) is 42.8 Å². The first-order valence-corrected chi connectivity index (χ1v) is 11.0. The van der Waals surface area contributed by atoms with Gasteiger partial charge in [0.2, 0.25) is 5.91 Å². The lowest BCUT2D eigenvalue weighted by Crippen LogP contribution is -2.41. The number of rotatable bonds is 10. The van der Waals surface area contributed by atoms with Gasteiger partial charge in [0.15, 0.2) is 4.34 Å². The number of benzene rings is 1. The number of amides is 2. The van der Waals surface area contributed by atoms with Crippen LogP contribution in [0, 0.1) is 17.0 Å². The molecule has 2 aromatic rings. The molecule has 1 heterocycles. The second-order valence-electron chi connectivity index (χ2n) is 6.37. The van der Waals surface area contributed by atoms with Crippen LogP contribution in [-0.4, -0.2) is 46.3 Å². The Morgan fingerprint density at radius 1 is 1.31 bits per heavy atom. The molecule has 0 aliphatic carbocycles. The van der Waals surface area contributed by atoms with Gasteiger partial charge < -0.3 is 10.2 Å². The van der Waals surface area contributed by atoms with Gasteiger partial charge in [0.05, 0.1) is 16.4 Å². The molecule has 0 spiro atoms. The molecular weight excluding hydrogens is 412 g/mol. The molecule has 29 heavy (non-hydrogen) atoms. The van der Waals surface area contributed by atoms with Crippen molar-refractivity contribution in [1.29, 1.82) is 0 Å². The van der Waals surface area contributed by atoms with Crippen molar-refractivity contribution in [3.63, 3.8) is 0 Å². The highest BCUT2D eigenvalue weighted by atomic mass is 32.2. The normalized spacial score (nSPS) is 10.6.